The van der Waals surface area contributed by atoms with E-state index >= 15 is 0 Å². The zero-order valence-corrected chi connectivity index (χ0v) is 17.3. The number of rotatable bonds is 5. The molecule has 3 aromatic rings. The number of carbonyl (C=O) groups is 2. The number of carbonyl (C=O) groups excluding carboxylic acids is 2. The van der Waals surface area contributed by atoms with Crippen LogP contribution >= 0.6 is 11.3 Å². The number of nitrogens with two attached hydrogens (primary N) is 1. The molecule has 3 aromatic heterocycles. The number of allylic oxidation sites excluding steroid dienone is 1. The Balaban J connectivity index is 1.63. The second-order valence-electron chi connectivity index (χ2n) is 6.72. The molecule has 1 amide bonds. The highest BCUT2D eigenvalue weighted by Crippen LogP contribution is 2.30. The summed E-state index contributed by atoms with van der Waals surface area (Å²) in [5.74, 6) is -0.869. The molecule has 3 N–H and O–H groups in total. The number of aliphatic imine (C=N–C) groups is 1. The lowest BCUT2D eigenvalue weighted by molar-refractivity contribution is 0.0600. The summed E-state index contributed by atoms with van der Waals surface area (Å²) in [5.41, 5.74) is 9.39. The molecule has 4 heterocycles. The van der Waals surface area contributed by atoms with Crippen LogP contribution in [0.5, 0.6) is 0 Å². The first-order valence-corrected chi connectivity index (χ1v) is 10.1. The van der Waals surface area contributed by atoms with E-state index in [-0.39, 0.29) is 11.5 Å². The number of nitrogens with zero attached hydrogens (tertiary/aromatic N) is 4. The molecule has 30 heavy (non-hydrogen) atoms. The first-order valence-electron chi connectivity index (χ1n) is 9.31. The molecule has 9 nitrogen and oxygen atoms in total. The van der Waals surface area contributed by atoms with Gasteiger partial charge in [-0.05, 0) is 25.8 Å². The SMILES string of the molecule is COC(=O)c1cnc(C)c(NC(=O)c2cnn3cc(C(=CN)C4=NCCC4)sc23)c1. The van der Waals surface area contributed by atoms with E-state index in [4.69, 9.17) is 10.5 Å². The standard InChI is InChI=1S/C20H20N6O3S/c1-11-16(6-12(8-23-11)20(28)29-2)25-18(27)14-9-24-26-10-17(30-19(14)26)13(7-21)15-4-3-5-22-15/h6-10H,3-5,21H2,1-2H3,(H,25,27). The summed E-state index contributed by atoms with van der Waals surface area (Å²) in [6.07, 6.45) is 8.23. The molecule has 0 unspecified atom stereocenters. The van der Waals surface area contributed by atoms with Crippen molar-refractivity contribution in [1.82, 2.24) is 14.6 Å². The minimum atomic E-state index is -0.523. The van der Waals surface area contributed by atoms with Crippen molar-refractivity contribution in [2.24, 2.45) is 10.7 Å². The van der Waals surface area contributed by atoms with E-state index in [1.165, 1.54) is 30.8 Å². The van der Waals surface area contributed by atoms with E-state index in [2.05, 4.69) is 20.4 Å². The van der Waals surface area contributed by atoms with E-state index < -0.39 is 5.97 Å². The van der Waals surface area contributed by atoms with Crippen molar-refractivity contribution in [1.29, 1.82) is 0 Å². The topological polar surface area (TPSA) is 124 Å². The van der Waals surface area contributed by atoms with Gasteiger partial charge in [-0.2, -0.15) is 5.10 Å². The van der Waals surface area contributed by atoms with Crippen molar-refractivity contribution in [2.45, 2.75) is 19.8 Å². The molecule has 0 spiro atoms. The van der Waals surface area contributed by atoms with Crippen LogP contribution in [0.1, 0.15) is 44.1 Å². The van der Waals surface area contributed by atoms with Crippen LogP contribution in [0, 0.1) is 6.92 Å². The summed E-state index contributed by atoms with van der Waals surface area (Å²) in [4.78, 5) is 35.0. The van der Waals surface area contributed by atoms with Gasteiger partial charge in [-0.25, -0.2) is 9.31 Å². The van der Waals surface area contributed by atoms with E-state index in [0.717, 1.165) is 35.5 Å². The highest BCUT2D eigenvalue weighted by molar-refractivity contribution is 7.19. The van der Waals surface area contributed by atoms with Gasteiger partial charge >= 0.3 is 5.97 Å². The van der Waals surface area contributed by atoms with Crippen molar-refractivity contribution in [3.63, 3.8) is 0 Å². The molecule has 0 aromatic carbocycles. The van der Waals surface area contributed by atoms with Crippen molar-refractivity contribution < 1.29 is 14.3 Å². The van der Waals surface area contributed by atoms with Gasteiger partial charge in [-0.3, -0.25) is 14.8 Å². The van der Waals surface area contributed by atoms with Gasteiger partial charge in [0.1, 0.15) is 4.83 Å². The van der Waals surface area contributed by atoms with E-state index in [0.29, 0.717) is 21.8 Å². The van der Waals surface area contributed by atoms with Crippen molar-refractivity contribution >= 4 is 45.0 Å². The molecule has 0 saturated carbocycles. The van der Waals surface area contributed by atoms with Crippen LogP contribution in [0.15, 0.2) is 35.8 Å². The molecule has 0 aliphatic carbocycles. The first kappa shape index (κ1) is 19.8. The number of fused-ring (bicyclic) bond motifs is 1. The van der Waals surface area contributed by atoms with Crippen molar-refractivity contribution in [3.05, 3.63) is 52.6 Å². The molecule has 4 rings (SSSR count). The third-order valence-corrected chi connectivity index (χ3v) is 5.96. The Bertz CT molecular complexity index is 1210. The Morgan fingerprint density at radius 1 is 1.37 bits per heavy atom. The number of esters is 1. The van der Waals surface area contributed by atoms with Crippen LogP contribution in [0.3, 0.4) is 0 Å². The number of ether oxygens (including phenoxy) is 1. The number of aryl methyl sites for hydroxylation is 1. The summed E-state index contributed by atoms with van der Waals surface area (Å²) >= 11 is 1.43. The molecule has 0 radical (unpaired) electrons. The third kappa shape index (κ3) is 3.57. The number of pyridine rings is 1. The van der Waals surface area contributed by atoms with Crippen LogP contribution in [-0.2, 0) is 4.74 Å². The monoisotopic (exact) mass is 424 g/mol. The van der Waals surface area contributed by atoms with E-state index in [9.17, 15) is 9.59 Å². The highest BCUT2D eigenvalue weighted by atomic mass is 32.1. The van der Waals surface area contributed by atoms with E-state index in [1.54, 1.807) is 23.7 Å². The lowest BCUT2D eigenvalue weighted by Gasteiger charge is -2.08. The maximum atomic E-state index is 12.9. The summed E-state index contributed by atoms with van der Waals surface area (Å²) in [6.45, 7) is 2.55. The smallest absolute Gasteiger partial charge is 0.339 e. The fourth-order valence-corrected chi connectivity index (χ4v) is 4.33. The largest absolute Gasteiger partial charge is 0.465 e. The fraction of sp³-hybridized carbons (Fsp3) is 0.250. The Kier molecular flexibility index (Phi) is 5.32. The quantitative estimate of drug-likeness (QED) is 0.607. The molecule has 10 heteroatoms. The number of hydrogen-bond acceptors (Lipinski definition) is 8. The van der Waals surface area contributed by atoms with Crippen LogP contribution in [-0.4, -0.2) is 45.8 Å². The Labute approximate surface area is 176 Å². The molecular weight excluding hydrogens is 404 g/mol. The number of thiazole rings is 1. The molecule has 1 aliphatic heterocycles. The van der Waals surface area contributed by atoms with Crippen molar-refractivity contribution in [2.75, 3.05) is 19.0 Å². The number of amides is 1. The molecule has 0 atom stereocenters. The van der Waals surface area contributed by atoms with Gasteiger partial charge in [-0.15, -0.1) is 11.3 Å². The zero-order valence-electron chi connectivity index (χ0n) is 16.5. The maximum absolute atomic E-state index is 12.9. The fourth-order valence-electron chi connectivity index (χ4n) is 3.23. The van der Waals surface area contributed by atoms with Gasteiger partial charge in [0.05, 0.1) is 40.7 Å². The maximum Gasteiger partial charge on any atom is 0.339 e. The molecule has 1 aliphatic rings. The minimum Gasteiger partial charge on any atom is -0.465 e. The highest BCUT2D eigenvalue weighted by Gasteiger charge is 2.21. The predicted octanol–water partition coefficient (Wildman–Crippen LogP) is 2.67. The molecule has 154 valence electrons. The second-order valence-corrected chi connectivity index (χ2v) is 7.75. The number of anilines is 1. The van der Waals surface area contributed by atoms with Gasteiger partial charge in [0.2, 0.25) is 0 Å². The van der Waals surface area contributed by atoms with Crippen LogP contribution in [0.4, 0.5) is 5.69 Å². The van der Waals surface area contributed by atoms with Gasteiger partial charge < -0.3 is 15.8 Å². The predicted molar refractivity (Wildman–Crippen MR) is 115 cm³/mol. The molecule has 0 bridgehead atoms. The van der Waals surface area contributed by atoms with Gasteiger partial charge in [0, 0.05) is 36.4 Å². The van der Waals surface area contributed by atoms with Gasteiger partial charge in [0.25, 0.3) is 5.91 Å². The lowest BCUT2D eigenvalue weighted by Crippen LogP contribution is -2.14. The number of hydrogen-bond donors (Lipinski definition) is 2. The Morgan fingerprint density at radius 2 is 2.20 bits per heavy atom. The van der Waals surface area contributed by atoms with Crippen molar-refractivity contribution in [3.8, 4) is 0 Å². The van der Waals surface area contributed by atoms with Crippen LogP contribution in [0.2, 0.25) is 0 Å². The lowest BCUT2D eigenvalue weighted by atomic mass is 10.1. The van der Waals surface area contributed by atoms with Crippen LogP contribution < -0.4 is 11.1 Å². The summed E-state index contributed by atoms with van der Waals surface area (Å²) in [7, 11) is 1.29. The number of aromatic nitrogens is 3. The minimum absolute atomic E-state index is 0.257. The molecule has 0 saturated heterocycles. The number of methoxy groups -OCH3 is 1. The normalized spacial score (nSPS) is 14.1. The van der Waals surface area contributed by atoms with Gasteiger partial charge in [-0.1, -0.05) is 0 Å². The summed E-state index contributed by atoms with van der Waals surface area (Å²) in [6, 6.07) is 1.54. The number of nitrogens with one attached hydrogen (secondary N) is 1. The zero-order chi connectivity index (χ0) is 21.3. The molecule has 0 fully saturated rings. The summed E-state index contributed by atoms with van der Waals surface area (Å²) in [5, 5.41) is 7.11. The second kappa shape index (κ2) is 8.07. The van der Waals surface area contributed by atoms with E-state index in [1.807, 2.05) is 6.20 Å². The third-order valence-electron chi connectivity index (χ3n) is 4.81. The van der Waals surface area contributed by atoms with Gasteiger partial charge in [0.15, 0.2) is 0 Å². The molecular formula is C20H20N6O3S. The Morgan fingerprint density at radius 3 is 2.90 bits per heavy atom. The first-order chi connectivity index (χ1) is 14.5. The van der Waals surface area contributed by atoms with Crippen LogP contribution in [0.25, 0.3) is 10.4 Å². The average molecular weight is 424 g/mol. The summed E-state index contributed by atoms with van der Waals surface area (Å²) < 4.78 is 6.37. The average Bonchev–Trinajstić information content (AvgIpc) is 3.47. The Hall–Kier alpha value is -3.53.